The molecular formula is C12H17N5O4. The van der Waals surface area contributed by atoms with Gasteiger partial charge in [-0.3, -0.25) is 18.7 Å². The minimum Gasteiger partial charge on any atom is -0.461 e. The Morgan fingerprint density at radius 2 is 2.05 bits per heavy atom. The predicted molar refractivity (Wildman–Crippen MR) is 76.3 cm³/mol. The first-order valence-electron chi connectivity index (χ1n) is 6.38. The molecule has 0 fully saturated rings. The molecule has 0 saturated heterocycles. The minimum absolute atomic E-state index is 0.238. The summed E-state index contributed by atoms with van der Waals surface area (Å²) in [6, 6.07) is 0. The molecule has 9 heteroatoms. The molecule has 0 unspecified atom stereocenters. The number of hydrogen-bond donors (Lipinski definition) is 2. The lowest BCUT2D eigenvalue weighted by molar-refractivity contribution is -0.144. The molecule has 0 bridgehead atoms. The number of nitrogens with zero attached hydrogens (tertiary/aromatic N) is 3. The van der Waals surface area contributed by atoms with E-state index in [1.54, 1.807) is 6.92 Å². The first-order valence-corrected chi connectivity index (χ1v) is 6.38. The van der Waals surface area contributed by atoms with Crippen molar-refractivity contribution in [2.75, 3.05) is 11.9 Å². The number of esters is 1. The van der Waals surface area contributed by atoms with Crippen molar-refractivity contribution in [1.82, 2.24) is 19.1 Å². The van der Waals surface area contributed by atoms with Crippen LogP contribution in [-0.4, -0.2) is 37.7 Å². The van der Waals surface area contributed by atoms with E-state index in [0.29, 0.717) is 12.5 Å². The van der Waals surface area contributed by atoms with Gasteiger partial charge in [0.2, 0.25) is 5.95 Å². The summed E-state index contributed by atoms with van der Waals surface area (Å²) in [6.45, 7) is 3.39. The molecule has 0 radical (unpaired) electrons. The third kappa shape index (κ3) is 2.81. The topological polar surface area (TPSA) is 111 Å². The first kappa shape index (κ1) is 14.8. The smallest absolute Gasteiger partial charge is 0.332 e. The van der Waals surface area contributed by atoms with Crippen LogP contribution < -0.4 is 16.6 Å². The number of aromatic amines is 1. The molecule has 21 heavy (non-hydrogen) atoms. The van der Waals surface area contributed by atoms with Gasteiger partial charge >= 0.3 is 11.7 Å². The number of rotatable bonds is 4. The zero-order valence-electron chi connectivity index (χ0n) is 12.3. The molecule has 114 valence electrons. The fourth-order valence-electron chi connectivity index (χ4n) is 1.98. The van der Waals surface area contributed by atoms with E-state index in [1.165, 1.54) is 25.6 Å². The van der Waals surface area contributed by atoms with Gasteiger partial charge in [-0.1, -0.05) is 0 Å². The number of hydrogen-bond acceptors (Lipinski definition) is 6. The Morgan fingerprint density at radius 3 is 2.67 bits per heavy atom. The van der Waals surface area contributed by atoms with Crippen molar-refractivity contribution in [3.63, 3.8) is 0 Å². The molecule has 0 aliphatic carbocycles. The Morgan fingerprint density at radius 1 is 1.38 bits per heavy atom. The average molecular weight is 295 g/mol. The van der Waals surface area contributed by atoms with Crippen molar-refractivity contribution in [1.29, 1.82) is 0 Å². The van der Waals surface area contributed by atoms with E-state index < -0.39 is 11.2 Å². The number of fused-ring (bicyclic) bond motifs is 1. The second kappa shape index (κ2) is 5.43. The lowest BCUT2D eigenvalue weighted by Gasteiger charge is -2.11. The number of aryl methyl sites for hydroxylation is 1. The molecule has 2 aromatic heterocycles. The van der Waals surface area contributed by atoms with Crippen LogP contribution in [0.3, 0.4) is 0 Å². The molecule has 0 saturated carbocycles. The van der Waals surface area contributed by atoms with E-state index in [-0.39, 0.29) is 23.2 Å². The van der Waals surface area contributed by atoms with Gasteiger partial charge in [-0.15, -0.1) is 0 Å². The van der Waals surface area contributed by atoms with Gasteiger partial charge in [0, 0.05) is 21.0 Å². The van der Waals surface area contributed by atoms with Gasteiger partial charge in [0.25, 0.3) is 5.56 Å². The van der Waals surface area contributed by atoms with E-state index >= 15 is 0 Å². The van der Waals surface area contributed by atoms with Crippen molar-refractivity contribution in [3.05, 3.63) is 20.8 Å². The normalized spacial score (nSPS) is 12.4. The van der Waals surface area contributed by atoms with E-state index in [1.807, 2.05) is 0 Å². The number of carbonyl (C=O) groups is 1. The monoisotopic (exact) mass is 295 g/mol. The fourth-order valence-corrected chi connectivity index (χ4v) is 1.98. The Hall–Kier alpha value is -2.58. The van der Waals surface area contributed by atoms with Crippen LogP contribution in [0, 0.1) is 0 Å². The number of anilines is 1. The van der Waals surface area contributed by atoms with Crippen LogP contribution in [0.25, 0.3) is 11.2 Å². The summed E-state index contributed by atoms with van der Waals surface area (Å²) in [5.41, 5.74) is -0.381. The van der Waals surface area contributed by atoms with E-state index in [9.17, 15) is 14.4 Å². The molecule has 0 aliphatic heterocycles. The average Bonchev–Trinajstić information content (AvgIpc) is 2.84. The summed E-state index contributed by atoms with van der Waals surface area (Å²) >= 11 is 0. The number of carbonyl (C=O) groups excluding carboxylic acids is 1. The Labute approximate surface area is 119 Å². The summed E-state index contributed by atoms with van der Waals surface area (Å²) in [7, 11) is 2.94. The van der Waals surface area contributed by atoms with Crippen molar-refractivity contribution in [2.45, 2.75) is 20.0 Å². The van der Waals surface area contributed by atoms with E-state index in [0.717, 1.165) is 4.57 Å². The molecule has 0 amide bonds. The van der Waals surface area contributed by atoms with Crippen molar-refractivity contribution < 1.29 is 9.53 Å². The standard InChI is InChI=1S/C12H17N5O4/c1-6(21-7(2)18)5-13-11-14-8-9(15-11)16(3)12(20)17(4)10(8)19/h6H,5H2,1-4H3,(H2,13,14,15)/t6-/m0/s1. The highest BCUT2D eigenvalue weighted by molar-refractivity contribution is 5.72. The Kier molecular flexibility index (Phi) is 3.83. The molecule has 0 aliphatic rings. The number of aromatic nitrogens is 4. The summed E-state index contributed by atoms with van der Waals surface area (Å²) in [4.78, 5) is 41.6. The van der Waals surface area contributed by atoms with Crippen LogP contribution in [0.5, 0.6) is 0 Å². The van der Waals surface area contributed by atoms with Gasteiger partial charge in [-0.25, -0.2) is 4.79 Å². The van der Waals surface area contributed by atoms with Crippen molar-refractivity contribution in [2.24, 2.45) is 14.1 Å². The third-order valence-electron chi connectivity index (χ3n) is 3.02. The van der Waals surface area contributed by atoms with Crippen LogP contribution >= 0.6 is 0 Å². The van der Waals surface area contributed by atoms with Gasteiger partial charge in [0.1, 0.15) is 6.10 Å². The molecule has 0 spiro atoms. The Balaban J connectivity index is 2.30. The lowest BCUT2D eigenvalue weighted by atomic mass is 10.4. The summed E-state index contributed by atoms with van der Waals surface area (Å²) in [6.07, 6.45) is -0.345. The van der Waals surface area contributed by atoms with Crippen LogP contribution in [0.4, 0.5) is 5.95 Å². The molecular weight excluding hydrogens is 278 g/mol. The van der Waals surface area contributed by atoms with Gasteiger partial charge in [0.05, 0.1) is 6.54 Å². The second-order valence-corrected chi connectivity index (χ2v) is 4.79. The van der Waals surface area contributed by atoms with Crippen LogP contribution in [0.15, 0.2) is 9.59 Å². The van der Waals surface area contributed by atoms with E-state index in [2.05, 4.69) is 15.3 Å². The van der Waals surface area contributed by atoms with Crippen molar-refractivity contribution in [3.8, 4) is 0 Å². The zero-order valence-corrected chi connectivity index (χ0v) is 12.3. The maximum atomic E-state index is 12.0. The van der Waals surface area contributed by atoms with Gasteiger partial charge < -0.3 is 15.0 Å². The van der Waals surface area contributed by atoms with Crippen molar-refractivity contribution >= 4 is 23.1 Å². The minimum atomic E-state index is -0.446. The second-order valence-electron chi connectivity index (χ2n) is 4.79. The number of ether oxygens (including phenoxy) is 1. The molecule has 1 atom stereocenters. The molecule has 9 nitrogen and oxygen atoms in total. The maximum Gasteiger partial charge on any atom is 0.332 e. The molecule has 2 N–H and O–H groups in total. The largest absolute Gasteiger partial charge is 0.461 e. The molecule has 2 aromatic rings. The summed E-state index contributed by atoms with van der Waals surface area (Å²) in [5, 5.41) is 2.93. The quantitative estimate of drug-likeness (QED) is 0.723. The van der Waals surface area contributed by atoms with Gasteiger partial charge in [0.15, 0.2) is 11.2 Å². The predicted octanol–water partition coefficient (Wildman–Crippen LogP) is -0.676. The highest BCUT2D eigenvalue weighted by Gasteiger charge is 2.14. The maximum absolute atomic E-state index is 12.0. The van der Waals surface area contributed by atoms with Crippen LogP contribution in [-0.2, 0) is 23.6 Å². The number of H-pyrrole nitrogens is 1. The van der Waals surface area contributed by atoms with E-state index in [4.69, 9.17) is 4.74 Å². The SMILES string of the molecule is CC(=O)O[C@@H](C)CNc1nc2c([nH]1)c(=O)n(C)c(=O)n2C. The zero-order chi connectivity index (χ0) is 15.7. The highest BCUT2D eigenvalue weighted by atomic mass is 16.5. The Bertz CT molecular complexity index is 800. The van der Waals surface area contributed by atoms with Crippen LogP contribution in [0.1, 0.15) is 13.8 Å². The van der Waals surface area contributed by atoms with Gasteiger partial charge in [-0.05, 0) is 6.92 Å². The summed E-state index contributed by atoms with van der Waals surface area (Å²) in [5.74, 6) is -0.0347. The first-order chi connectivity index (χ1) is 9.81. The molecule has 2 rings (SSSR count). The molecule has 0 aromatic carbocycles. The lowest BCUT2D eigenvalue weighted by Crippen LogP contribution is -2.36. The fraction of sp³-hybridized carbons (Fsp3) is 0.500. The number of nitrogens with one attached hydrogen (secondary N) is 2. The number of imidazole rings is 1. The summed E-state index contributed by atoms with van der Waals surface area (Å²) < 4.78 is 7.26. The third-order valence-corrected chi connectivity index (χ3v) is 3.02. The van der Waals surface area contributed by atoms with Gasteiger partial charge in [-0.2, -0.15) is 4.98 Å². The van der Waals surface area contributed by atoms with Crippen LogP contribution in [0.2, 0.25) is 0 Å². The molecule has 2 heterocycles. The highest BCUT2D eigenvalue weighted by Crippen LogP contribution is 2.08.